The van der Waals surface area contributed by atoms with E-state index in [0.717, 1.165) is 11.4 Å². The first-order valence-electron chi connectivity index (χ1n) is 4.57. The van der Waals surface area contributed by atoms with Gasteiger partial charge in [-0.1, -0.05) is 23.2 Å². The van der Waals surface area contributed by atoms with Crippen LogP contribution >= 0.6 is 23.2 Å². The van der Waals surface area contributed by atoms with Crippen LogP contribution in [0.15, 0.2) is 36.5 Å². The largest absolute Gasteiger partial charge is 0.378 e. The Morgan fingerprint density at radius 1 is 1.20 bits per heavy atom. The van der Waals surface area contributed by atoms with Crippen molar-refractivity contribution in [1.82, 2.24) is 4.98 Å². The molecule has 0 saturated heterocycles. The van der Waals surface area contributed by atoms with Gasteiger partial charge in [-0.2, -0.15) is 0 Å². The maximum absolute atomic E-state index is 6.01. The first-order valence-corrected chi connectivity index (χ1v) is 5.32. The topological polar surface area (TPSA) is 27.8 Å². The lowest BCUT2D eigenvalue weighted by molar-refractivity contribution is 1.07. The Balaban J connectivity index is 2.05. The summed E-state index contributed by atoms with van der Waals surface area (Å²) >= 11 is 11.8. The molecule has 1 aromatic carbocycles. The second kappa shape index (κ2) is 4.60. The molecule has 0 aliphatic heterocycles. The third-order valence-corrected chi connectivity index (χ3v) is 2.61. The Bertz CT molecular complexity index is 438. The number of H-pyrrole nitrogens is 1. The van der Waals surface area contributed by atoms with Crippen molar-refractivity contribution in [2.75, 3.05) is 5.32 Å². The molecule has 0 aliphatic carbocycles. The summed E-state index contributed by atoms with van der Waals surface area (Å²) in [5.41, 5.74) is 2.00. The van der Waals surface area contributed by atoms with Crippen LogP contribution in [0.2, 0.25) is 10.0 Å². The number of rotatable bonds is 3. The lowest BCUT2D eigenvalue weighted by atomic mass is 10.3. The summed E-state index contributed by atoms with van der Waals surface area (Å²) in [5, 5.41) is 4.50. The number of nitrogens with one attached hydrogen (secondary N) is 2. The zero-order chi connectivity index (χ0) is 10.7. The van der Waals surface area contributed by atoms with Gasteiger partial charge in [-0.05, 0) is 30.3 Å². The second-order valence-corrected chi connectivity index (χ2v) is 4.02. The van der Waals surface area contributed by atoms with Gasteiger partial charge in [-0.15, -0.1) is 0 Å². The van der Waals surface area contributed by atoms with Gasteiger partial charge in [-0.3, -0.25) is 0 Å². The van der Waals surface area contributed by atoms with E-state index in [1.165, 1.54) is 0 Å². The molecule has 2 N–H and O–H groups in total. The lowest BCUT2D eigenvalue weighted by Gasteiger charge is -2.07. The highest BCUT2D eigenvalue weighted by Crippen LogP contribution is 2.25. The summed E-state index contributed by atoms with van der Waals surface area (Å²) in [6.07, 6.45) is 1.89. The van der Waals surface area contributed by atoms with Crippen molar-refractivity contribution >= 4 is 28.9 Å². The zero-order valence-corrected chi connectivity index (χ0v) is 9.44. The van der Waals surface area contributed by atoms with E-state index in [2.05, 4.69) is 10.3 Å². The molecule has 0 amide bonds. The van der Waals surface area contributed by atoms with E-state index < -0.39 is 0 Å². The first-order chi connectivity index (χ1) is 7.25. The monoisotopic (exact) mass is 240 g/mol. The van der Waals surface area contributed by atoms with Gasteiger partial charge in [0.25, 0.3) is 0 Å². The number of hydrogen-bond acceptors (Lipinski definition) is 1. The predicted molar refractivity (Wildman–Crippen MR) is 64.6 cm³/mol. The molecule has 78 valence electrons. The van der Waals surface area contributed by atoms with Crippen molar-refractivity contribution in [3.63, 3.8) is 0 Å². The minimum absolute atomic E-state index is 0.633. The summed E-state index contributed by atoms with van der Waals surface area (Å²) in [5.74, 6) is 0. The van der Waals surface area contributed by atoms with Crippen molar-refractivity contribution < 1.29 is 0 Å². The number of aromatic nitrogens is 1. The minimum atomic E-state index is 0.633. The summed E-state index contributed by atoms with van der Waals surface area (Å²) in [4.78, 5) is 3.11. The third kappa shape index (κ3) is 2.67. The van der Waals surface area contributed by atoms with Crippen molar-refractivity contribution in [1.29, 1.82) is 0 Å². The normalized spacial score (nSPS) is 10.3. The molecular weight excluding hydrogens is 231 g/mol. The van der Waals surface area contributed by atoms with E-state index in [0.29, 0.717) is 16.6 Å². The van der Waals surface area contributed by atoms with Crippen LogP contribution in [0.4, 0.5) is 5.69 Å². The first kappa shape index (κ1) is 10.4. The van der Waals surface area contributed by atoms with Crippen LogP contribution in [-0.4, -0.2) is 4.98 Å². The third-order valence-electron chi connectivity index (χ3n) is 2.06. The number of benzene rings is 1. The number of aromatic amines is 1. The van der Waals surface area contributed by atoms with Gasteiger partial charge in [-0.25, -0.2) is 0 Å². The molecule has 0 bridgehead atoms. The van der Waals surface area contributed by atoms with Crippen molar-refractivity contribution in [3.05, 3.63) is 52.3 Å². The van der Waals surface area contributed by atoms with Gasteiger partial charge in [0.15, 0.2) is 0 Å². The summed E-state index contributed by atoms with van der Waals surface area (Å²) in [7, 11) is 0. The fourth-order valence-corrected chi connectivity index (χ4v) is 1.78. The van der Waals surface area contributed by atoms with Gasteiger partial charge in [0.1, 0.15) is 0 Å². The highest BCUT2D eigenvalue weighted by Gasteiger charge is 2.00. The lowest BCUT2D eigenvalue weighted by Crippen LogP contribution is -1.99. The van der Waals surface area contributed by atoms with Crippen LogP contribution in [0.25, 0.3) is 0 Å². The molecule has 0 aliphatic rings. The van der Waals surface area contributed by atoms with Crippen molar-refractivity contribution in [2.45, 2.75) is 6.54 Å². The number of hydrogen-bond donors (Lipinski definition) is 2. The highest BCUT2D eigenvalue weighted by atomic mass is 35.5. The molecule has 2 rings (SSSR count). The standard InChI is InChI=1S/C11H10Cl2N2/c12-8-3-4-11(10(13)6-8)15-7-9-2-1-5-14-9/h1-6,14-15H,7H2. The van der Waals surface area contributed by atoms with Gasteiger partial charge in [0, 0.05) is 16.9 Å². The number of anilines is 1. The van der Waals surface area contributed by atoms with Crippen LogP contribution < -0.4 is 5.32 Å². The smallest absolute Gasteiger partial charge is 0.0652 e. The minimum Gasteiger partial charge on any atom is -0.378 e. The van der Waals surface area contributed by atoms with Crippen LogP contribution in [0.5, 0.6) is 0 Å². The molecule has 0 unspecified atom stereocenters. The van der Waals surface area contributed by atoms with Crippen LogP contribution in [0.3, 0.4) is 0 Å². The van der Waals surface area contributed by atoms with Gasteiger partial charge in [0.05, 0.1) is 17.3 Å². The zero-order valence-electron chi connectivity index (χ0n) is 7.93. The SMILES string of the molecule is Clc1ccc(NCc2ccc[nH]2)c(Cl)c1. The Morgan fingerprint density at radius 2 is 2.07 bits per heavy atom. The Kier molecular flexibility index (Phi) is 3.19. The average molecular weight is 241 g/mol. The Labute approximate surface area is 98.2 Å². The molecule has 15 heavy (non-hydrogen) atoms. The highest BCUT2D eigenvalue weighted by molar-refractivity contribution is 6.36. The summed E-state index contributed by atoms with van der Waals surface area (Å²) in [6.45, 7) is 0.717. The predicted octanol–water partition coefficient (Wildman–Crippen LogP) is 3.93. The van der Waals surface area contributed by atoms with E-state index in [-0.39, 0.29) is 0 Å². The molecule has 1 aromatic heterocycles. The fraction of sp³-hybridized carbons (Fsp3) is 0.0909. The van der Waals surface area contributed by atoms with Crippen LogP contribution in [0, 0.1) is 0 Å². The van der Waals surface area contributed by atoms with Crippen molar-refractivity contribution in [3.8, 4) is 0 Å². The molecule has 2 nitrogen and oxygen atoms in total. The Hall–Kier alpha value is -1.12. The maximum atomic E-state index is 6.01. The van der Waals surface area contributed by atoms with E-state index in [1.807, 2.05) is 30.5 Å². The maximum Gasteiger partial charge on any atom is 0.0652 e. The quantitative estimate of drug-likeness (QED) is 0.836. The molecule has 0 fully saturated rings. The van der Waals surface area contributed by atoms with Gasteiger partial charge >= 0.3 is 0 Å². The summed E-state index contributed by atoms with van der Waals surface area (Å²) < 4.78 is 0. The van der Waals surface area contributed by atoms with E-state index in [9.17, 15) is 0 Å². The molecular formula is C11H10Cl2N2. The van der Waals surface area contributed by atoms with Crippen molar-refractivity contribution in [2.24, 2.45) is 0 Å². The fourth-order valence-electron chi connectivity index (χ4n) is 1.30. The molecule has 0 spiro atoms. The Morgan fingerprint density at radius 3 is 2.73 bits per heavy atom. The van der Waals surface area contributed by atoms with E-state index >= 15 is 0 Å². The molecule has 0 radical (unpaired) electrons. The summed E-state index contributed by atoms with van der Waals surface area (Å²) in [6, 6.07) is 9.37. The van der Waals surface area contributed by atoms with Crippen LogP contribution in [-0.2, 0) is 6.54 Å². The molecule has 1 heterocycles. The van der Waals surface area contributed by atoms with E-state index in [1.54, 1.807) is 6.07 Å². The van der Waals surface area contributed by atoms with Gasteiger partial charge in [0.2, 0.25) is 0 Å². The second-order valence-electron chi connectivity index (χ2n) is 3.17. The van der Waals surface area contributed by atoms with Gasteiger partial charge < -0.3 is 10.3 Å². The molecule has 0 atom stereocenters. The molecule has 4 heteroatoms. The van der Waals surface area contributed by atoms with Crippen LogP contribution in [0.1, 0.15) is 5.69 Å². The molecule has 2 aromatic rings. The van der Waals surface area contributed by atoms with E-state index in [4.69, 9.17) is 23.2 Å². The average Bonchev–Trinajstić information content (AvgIpc) is 2.69. The number of halogens is 2. The molecule has 0 saturated carbocycles.